The van der Waals surface area contributed by atoms with Crippen molar-refractivity contribution in [3.63, 3.8) is 0 Å². The van der Waals surface area contributed by atoms with Gasteiger partial charge >= 0.3 is 0 Å². The Kier molecular flexibility index (Phi) is 1.79. The number of hydrogen-bond donors (Lipinski definition) is 0. The lowest BCUT2D eigenvalue weighted by Gasteiger charge is -2.30. The van der Waals surface area contributed by atoms with E-state index in [4.69, 9.17) is 0 Å². The maximum Gasteiger partial charge on any atom is 0.0174 e. The molecule has 0 aliphatic carbocycles. The smallest absolute Gasteiger partial charge is 0.0174 e. The summed E-state index contributed by atoms with van der Waals surface area (Å²) < 4.78 is 0. The Morgan fingerprint density at radius 1 is 1.67 bits per heavy atom. The highest BCUT2D eigenvalue weighted by Crippen LogP contribution is 2.21. The lowest BCUT2D eigenvalue weighted by Crippen LogP contribution is -2.26. The zero-order valence-electron chi connectivity index (χ0n) is 6.35. The summed E-state index contributed by atoms with van der Waals surface area (Å²) in [6.45, 7) is 7.46. The van der Waals surface area contributed by atoms with Crippen molar-refractivity contribution in [2.24, 2.45) is 5.92 Å². The van der Waals surface area contributed by atoms with Crippen LogP contribution in [0.2, 0.25) is 0 Å². The molecule has 52 valence electrons. The van der Waals surface area contributed by atoms with Gasteiger partial charge in [0.25, 0.3) is 0 Å². The normalized spacial score (nSPS) is 28.9. The minimum Gasteiger partial charge on any atom is -0.378 e. The van der Waals surface area contributed by atoms with E-state index in [9.17, 15) is 0 Å². The van der Waals surface area contributed by atoms with Gasteiger partial charge in [0.1, 0.15) is 0 Å². The van der Waals surface area contributed by atoms with Crippen molar-refractivity contribution in [3.05, 3.63) is 12.3 Å². The van der Waals surface area contributed by atoms with Crippen molar-refractivity contribution in [2.45, 2.75) is 19.8 Å². The van der Waals surface area contributed by atoms with Crippen LogP contribution in [0.5, 0.6) is 0 Å². The van der Waals surface area contributed by atoms with Gasteiger partial charge in [-0.25, -0.2) is 0 Å². The molecular weight excluding hydrogens is 110 g/mol. The zero-order chi connectivity index (χ0) is 6.85. The van der Waals surface area contributed by atoms with Gasteiger partial charge in [-0.2, -0.15) is 0 Å². The van der Waals surface area contributed by atoms with Crippen LogP contribution < -0.4 is 0 Å². The van der Waals surface area contributed by atoms with Crippen molar-refractivity contribution >= 4 is 0 Å². The number of hydrogen-bond acceptors (Lipinski definition) is 1. The SMILES string of the molecule is C=C1CC(C)CCN1C. The molecule has 0 N–H and O–H groups in total. The van der Waals surface area contributed by atoms with Gasteiger partial charge in [0, 0.05) is 19.3 Å². The summed E-state index contributed by atoms with van der Waals surface area (Å²) in [5.74, 6) is 0.855. The molecule has 0 radical (unpaired) electrons. The zero-order valence-corrected chi connectivity index (χ0v) is 6.35. The number of likely N-dealkylation sites (tertiary alicyclic amines) is 1. The maximum atomic E-state index is 3.97. The highest BCUT2D eigenvalue weighted by molar-refractivity contribution is 4.96. The van der Waals surface area contributed by atoms with E-state index in [0.29, 0.717) is 0 Å². The average molecular weight is 125 g/mol. The third-order valence-electron chi connectivity index (χ3n) is 2.08. The van der Waals surface area contributed by atoms with E-state index in [0.717, 1.165) is 5.92 Å². The summed E-state index contributed by atoms with van der Waals surface area (Å²) >= 11 is 0. The molecule has 1 heterocycles. The second kappa shape index (κ2) is 2.42. The highest BCUT2D eigenvalue weighted by atomic mass is 15.1. The second-order valence-corrected chi connectivity index (χ2v) is 3.09. The van der Waals surface area contributed by atoms with Gasteiger partial charge in [-0.15, -0.1) is 0 Å². The fraction of sp³-hybridized carbons (Fsp3) is 0.750. The fourth-order valence-electron chi connectivity index (χ4n) is 1.23. The summed E-state index contributed by atoms with van der Waals surface area (Å²) in [5.41, 5.74) is 1.30. The van der Waals surface area contributed by atoms with E-state index in [1.807, 2.05) is 0 Å². The molecule has 0 aromatic heterocycles. The van der Waals surface area contributed by atoms with Crippen molar-refractivity contribution in [2.75, 3.05) is 13.6 Å². The number of rotatable bonds is 0. The molecule has 9 heavy (non-hydrogen) atoms. The molecule has 1 fully saturated rings. The Labute approximate surface area is 57.4 Å². The Morgan fingerprint density at radius 3 is 2.78 bits per heavy atom. The minimum atomic E-state index is 0.855. The van der Waals surface area contributed by atoms with Crippen molar-refractivity contribution in [1.29, 1.82) is 0 Å². The Bertz CT molecular complexity index is 118. The van der Waals surface area contributed by atoms with Gasteiger partial charge in [-0.3, -0.25) is 0 Å². The van der Waals surface area contributed by atoms with Gasteiger partial charge in [0.05, 0.1) is 0 Å². The van der Waals surface area contributed by atoms with Crippen molar-refractivity contribution in [1.82, 2.24) is 4.90 Å². The molecule has 1 rings (SSSR count). The molecule has 1 heteroatoms. The van der Waals surface area contributed by atoms with E-state index in [1.54, 1.807) is 0 Å². The topological polar surface area (TPSA) is 3.24 Å². The number of nitrogens with zero attached hydrogens (tertiary/aromatic N) is 1. The van der Waals surface area contributed by atoms with E-state index in [1.165, 1.54) is 25.1 Å². The summed E-state index contributed by atoms with van der Waals surface area (Å²) in [6, 6.07) is 0. The molecule has 0 saturated carbocycles. The van der Waals surface area contributed by atoms with Crippen LogP contribution in [0.3, 0.4) is 0 Å². The Hall–Kier alpha value is -0.460. The summed E-state index contributed by atoms with van der Waals surface area (Å²) in [4.78, 5) is 2.25. The first kappa shape index (κ1) is 6.66. The lowest BCUT2D eigenvalue weighted by molar-refractivity contribution is 0.292. The first-order chi connectivity index (χ1) is 4.20. The van der Waals surface area contributed by atoms with Crippen LogP contribution in [0.15, 0.2) is 12.3 Å². The first-order valence-corrected chi connectivity index (χ1v) is 3.59. The molecule has 1 aliphatic rings. The van der Waals surface area contributed by atoms with E-state index < -0.39 is 0 Å². The van der Waals surface area contributed by atoms with E-state index in [2.05, 4.69) is 25.5 Å². The molecule has 0 bridgehead atoms. The molecular formula is C8H15N. The first-order valence-electron chi connectivity index (χ1n) is 3.59. The third-order valence-corrected chi connectivity index (χ3v) is 2.08. The van der Waals surface area contributed by atoms with E-state index in [-0.39, 0.29) is 0 Å². The van der Waals surface area contributed by atoms with Gasteiger partial charge in [-0.1, -0.05) is 13.5 Å². The van der Waals surface area contributed by atoms with Crippen LogP contribution >= 0.6 is 0 Å². The largest absolute Gasteiger partial charge is 0.378 e. The second-order valence-electron chi connectivity index (χ2n) is 3.09. The molecule has 0 aromatic rings. The molecule has 0 spiro atoms. The van der Waals surface area contributed by atoms with E-state index >= 15 is 0 Å². The number of allylic oxidation sites excluding steroid dienone is 1. The molecule has 1 unspecified atom stereocenters. The third kappa shape index (κ3) is 1.47. The Balaban J connectivity index is 2.44. The predicted octanol–water partition coefficient (Wildman–Crippen LogP) is 1.86. The molecule has 0 aromatic carbocycles. The van der Waals surface area contributed by atoms with Gasteiger partial charge < -0.3 is 4.90 Å². The van der Waals surface area contributed by atoms with Crippen LogP contribution in [0.25, 0.3) is 0 Å². The molecule has 0 amide bonds. The van der Waals surface area contributed by atoms with Gasteiger partial charge in [0.15, 0.2) is 0 Å². The predicted molar refractivity (Wildman–Crippen MR) is 40.2 cm³/mol. The quantitative estimate of drug-likeness (QED) is 0.477. The summed E-state index contributed by atoms with van der Waals surface area (Å²) in [7, 11) is 2.12. The van der Waals surface area contributed by atoms with Crippen molar-refractivity contribution in [3.8, 4) is 0 Å². The highest BCUT2D eigenvalue weighted by Gasteiger charge is 2.14. The maximum absolute atomic E-state index is 3.97. The van der Waals surface area contributed by atoms with Crippen LogP contribution in [0, 0.1) is 5.92 Å². The van der Waals surface area contributed by atoms with Gasteiger partial charge in [-0.05, 0) is 18.8 Å². The molecule has 1 nitrogen and oxygen atoms in total. The van der Waals surface area contributed by atoms with Crippen LogP contribution in [0.4, 0.5) is 0 Å². The average Bonchev–Trinajstić information content (AvgIpc) is 1.80. The Morgan fingerprint density at radius 2 is 2.33 bits per heavy atom. The monoisotopic (exact) mass is 125 g/mol. The summed E-state index contributed by atoms with van der Waals surface area (Å²) in [6.07, 6.45) is 2.52. The van der Waals surface area contributed by atoms with Crippen molar-refractivity contribution < 1.29 is 0 Å². The summed E-state index contributed by atoms with van der Waals surface area (Å²) in [5, 5.41) is 0. The van der Waals surface area contributed by atoms with Crippen LogP contribution in [-0.2, 0) is 0 Å². The fourth-order valence-corrected chi connectivity index (χ4v) is 1.23. The lowest BCUT2D eigenvalue weighted by atomic mass is 9.97. The molecule has 1 aliphatic heterocycles. The van der Waals surface area contributed by atoms with Crippen LogP contribution in [0.1, 0.15) is 19.8 Å². The molecule has 1 atom stereocenters. The minimum absolute atomic E-state index is 0.855. The standard InChI is InChI=1S/C8H15N/c1-7-4-5-9(3)8(2)6-7/h7H,2,4-6H2,1,3H3. The molecule has 1 saturated heterocycles. The van der Waals surface area contributed by atoms with Crippen LogP contribution in [-0.4, -0.2) is 18.5 Å². The number of piperidine rings is 1. The van der Waals surface area contributed by atoms with Gasteiger partial charge in [0.2, 0.25) is 0 Å².